The van der Waals surface area contributed by atoms with E-state index in [1.807, 2.05) is 11.6 Å². The summed E-state index contributed by atoms with van der Waals surface area (Å²) in [7, 11) is -4.37. The molecule has 0 saturated carbocycles. The van der Waals surface area contributed by atoms with Crippen LogP contribution in [0.2, 0.25) is 0 Å². The maximum Gasteiger partial charge on any atom is 0.575 e. The fourth-order valence-electron chi connectivity index (χ4n) is 4.55. The monoisotopic (exact) mass is 580 g/mol. The third-order valence-corrected chi connectivity index (χ3v) is 8.54. The lowest BCUT2D eigenvalue weighted by molar-refractivity contribution is 0.0923. The van der Waals surface area contributed by atoms with E-state index in [4.69, 9.17) is 19.5 Å². The number of aliphatic hydroxyl groups excluding tert-OH is 1. The summed E-state index contributed by atoms with van der Waals surface area (Å²) < 4.78 is 45.4. The van der Waals surface area contributed by atoms with Gasteiger partial charge in [0, 0.05) is 39.2 Å². The number of anilines is 3. The molecule has 40 heavy (non-hydrogen) atoms. The molecule has 202 valence electrons. The average molecular weight is 580 g/mol. The zero-order valence-electron chi connectivity index (χ0n) is 20.3. The van der Waals surface area contributed by atoms with Gasteiger partial charge in [-0.05, 0) is 35.2 Å². The first-order valence-corrected chi connectivity index (χ1v) is 14.2. The normalized spacial score (nSPS) is 18.2. The van der Waals surface area contributed by atoms with E-state index in [9.17, 15) is 18.9 Å². The first-order valence-electron chi connectivity index (χ1n) is 11.9. The number of amides is 2. The van der Waals surface area contributed by atoms with Crippen LogP contribution in [0.3, 0.4) is 0 Å². The van der Waals surface area contributed by atoms with Crippen LogP contribution in [0.15, 0.2) is 66.4 Å². The van der Waals surface area contributed by atoms with E-state index >= 15 is 0 Å². The van der Waals surface area contributed by atoms with Gasteiger partial charge in [-0.1, -0.05) is 18.2 Å². The number of hydroxylamine groups is 2. The van der Waals surface area contributed by atoms with Crippen LogP contribution in [0, 0.1) is 5.82 Å². The van der Waals surface area contributed by atoms with Crippen molar-refractivity contribution in [3.05, 3.63) is 72.3 Å². The van der Waals surface area contributed by atoms with Crippen LogP contribution in [0.4, 0.5) is 26.4 Å². The molecule has 1 unspecified atom stereocenters. The van der Waals surface area contributed by atoms with Crippen molar-refractivity contribution in [3.63, 3.8) is 0 Å². The molecule has 2 aliphatic rings. The molecule has 7 rings (SSSR count). The summed E-state index contributed by atoms with van der Waals surface area (Å²) in [4.78, 5) is 17.6. The summed E-state index contributed by atoms with van der Waals surface area (Å²) in [6.07, 6.45) is 5.25. The van der Waals surface area contributed by atoms with E-state index in [1.165, 1.54) is 23.5 Å². The Kier molecular flexibility index (Phi) is 5.63. The van der Waals surface area contributed by atoms with E-state index in [0.29, 0.717) is 17.4 Å². The molecule has 0 radical (unpaired) electrons. The number of phosphoric acid groups is 1. The van der Waals surface area contributed by atoms with E-state index in [1.54, 1.807) is 41.3 Å². The quantitative estimate of drug-likeness (QED) is 0.263. The Morgan fingerprint density at radius 3 is 2.65 bits per heavy atom. The fraction of sp³-hybridized carbons (Fsp3) is 0.0800. The Balaban J connectivity index is 1.23. The number of rotatable bonds is 5. The second kappa shape index (κ2) is 9.11. The molecule has 2 bridgehead atoms. The van der Waals surface area contributed by atoms with Crippen LogP contribution in [-0.2, 0) is 20.4 Å². The number of urea groups is 1. The largest absolute Gasteiger partial charge is 0.575 e. The second-order valence-corrected chi connectivity index (χ2v) is 11.1. The molecule has 5 aromatic rings. The molecule has 2 aromatic carbocycles. The van der Waals surface area contributed by atoms with Gasteiger partial charge >= 0.3 is 13.9 Å². The number of carbonyl (C=O) groups is 1. The standard InChI is InChI=1S/C25H18FN6O6PS/c26-19-2-1-3-20-22(19)36-39(35)37-31(25(34)32(20)38-39)16-6-4-14(5-7-16)18-13-40-23-17(11-28-24(27)21(18)23)15-10-29-30(12-15)8-9-33/h1-7,10-13,33H,8-9H2,(H2,27,28). The van der Waals surface area contributed by atoms with E-state index in [-0.39, 0.29) is 18.0 Å². The molecule has 3 aromatic heterocycles. The van der Waals surface area contributed by atoms with Crippen molar-refractivity contribution >= 4 is 52.5 Å². The number of nitrogen functional groups attached to an aromatic ring is 1. The van der Waals surface area contributed by atoms with Gasteiger partial charge in [-0.25, -0.2) is 18.7 Å². The van der Waals surface area contributed by atoms with Crippen LogP contribution in [0.1, 0.15) is 0 Å². The Hall–Kier alpha value is -4.33. The minimum atomic E-state index is -4.37. The molecule has 1 saturated heterocycles. The van der Waals surface area contributed by atoms with Crippen LogP contribution in [0.25, 0.3) is 32.3 Å². The summed E-state index contributed by atoms with van der Waals surface area (Å²) in [5, 5.41) is 17.7. The van der Waals surface area contributed by atoms with E-state index in [0.717, 1.165) is 43.5 Å². The number of halogens is 1. The number of fused-ring (bicyclic) bond motifs is 5. The average Bonchev–Trinajstić information content (AvgIpc) is 3.60. The molecule has 3 N–H and O–H groups in total. The second-order valence-electron chi connectivity index (χ2n) is 8.83. The van der Waals surface area contributed by atoms with Crippen molar-refractivity contribution in [2.75, 3.05) is 22.5 Å². The molecular weight excluding hydrogens is 562 g/mol. The third-order valence-electron chi connectivity index (χ3n) is 6.39. The van der Waals surface area contributed by atoms with Gasteiger partial charge in [0.25, 0.3) is 0 Å². The Labute approximate surface area is 229 Å². The minimum Gasteiger partial charge on any atom is -0.396 e. The molecule has 2 amide bonds. The number of para-hydroxylation sites is 1. The predicted octanol–water partition coefficient (Wildman–Crippen LogP) is 5.35. The number of nitrogens with two attached hydrogens (primary N) is 1. The fourth-order valence-corrected chi connectivity index (χ4v) is 6.90. The van der Waals surface area contributed by atoms with Crippen molar-refractivity contribution in [2.24, 2.45) is 0 Å². The van der Waals surface area contributed by atoms with E-state index in [2.05, 4.69) is 10.1 Å². The van der Waals surface area contributed by atoms with Crippen molar-refractivity contribution in [3.8, 4) is 28.0 Å². The van der Waals surface area contributed by atoms with Gasteiger partial charge in [0.2, 0.25) is 0 Å². The molecule has 12 nitrogen and oxygen atoms in total. The highest BCUT2D eigenvalue weighted by molar-refractivity contribution is 7.49. The van der Waals surface area contributed by atoms with Gasteiger partial charge in [-0.2, -0.15) is 15.2 Å². The molecule has 1 atom stereocenters. The summed E-state index contributed by atoms with van der Waals surface area (Å²) in [5.41, 5.74) is 9.82. The highest BCUT2D eigenvalue weighted by atomic mass is 32.1. The maximum absolute atomic E-state index is 14.2. The molecule has 1 fully saturated rings. The zero-order valence-corrected chi connectivity index (χ0v) is 22.0. The Bertz CT molecular complexity index is 1860. The molecule has 5 heterocycles. The number of hydrogen-bond acceptors (Lipinski definition) is 10. The number of carbonyl (C=O) groups excluding carboxylic acids is 1. The summed E-state index contributed by atoms with van der Waals surface area (Å²) in [6, 6.07) is 9.76. The summed E-state index contributed by atoms with van der Waals surface area (Å²) in [5.74, 6) is -0.842. The number of hydrogen-bond donors (Lipinski definition) is 2. The first kappa shape index (κ1) is 24.7. The first-order chi connectivity index (χ1) is 19.3. The van der Waals surface area contributed by atoms with Crippen LogP contribution in [-0.4, -0.2) is 32.5 Å². The zero-order chi connectivity index (χ0) is 27.6. The number of pyridine rings is 1. The highest BCUT2D eigenvalue weighted by Gasteiger charge is 2.52. The van der Waals surface area contributed by atoms with Crippen molar-refractivity contribution < 1.29 is 32.6 Å². The molecular formula is C25H18FN6O6PS. The lowest BCUT2D eigenvalue weighted by Gasteiger charge is -2.39. The minimum absolute atomic E-state index is 0.0226. The molecule has 15 heteroatoms. The third kappa shape index (κ3) is 3.85. The van der Waals surface area contributed by atoms with Gasteiger partial charge in [-0.15, -0.1) is 20.6 Å². The number of aromatic nitrogens is 3. The van der Waals surface area contributed by atoms with Gasteiger partial charge in [0.15, 0.2) is 11.6 Å². The van der Waals surface area contributed by atoms with Gasteiger partial charge < -0.3 is 15.4 Å². The summed E-state index contributed by atoms with van der Waals surface area (Å²) >= 11 is 1.50. The predicted molar refractivity (Wildman–Crippen MR) is 145 cm³/mol. The van der Waals surface area contributed by atoms with E-state index < -0.39 is 25.4 Å². The van der Waals surface area contributed by atoms with Crippen LogP contribution >= 0.6 is 19.2 Å². The smallest absolute Gasteiger partial charge is 0.396 e. The number of thiophene rings is 1. The lowest BCUT2D eigenvalue weighted by atomic mass is 10.0. The van der Waals surface area contributed by atoms with Crippen molar-refractivity contribution in [1.29, 1.82) is 0 Å². The molecule has 0 aliphatic carbocycles. The lowest BCUT2D eigenvalue weighted by Crippen LogP contribution is -2.49. The Morgan fingerprint density at radius 1 is 1.05 bits per heavy atom. The van der Waals surface area contributed by atoms with Crippen LogP contribution in [0.5, 0.6) is 5.75 Å². The number of aliphatic hydroxyl groups is 1. The summed E-state index contributed by atoms with van der Waals surface area (Å²) in [6.45, 7) is 0.358. The number of nitrogens with zero attached hydrogens (tertiary/aromatic N) is 5. The van der Waals surface area contributed by atoms with Gasteiger partial charge in [0.1, 0.15) is 11.5 Å². The molecule has 2 aliphatic heterocycles. The van der Waals surface area contributed by atoms with Crippen molar-refractivity contribution in [1.82, 2.24) is 14.8 Å². The van der Waals surface area contributed by atoms with Gasteiger partial charge in [0.05, 0.1) is 25.0 Å². The highest BCUT2D eigenvalue weighted by Crippen LogP contribution is 2.61. The Morgan fingerprint density at radius 2 is 1.85 bits per heavy atom. The SMILES string of the molecule is Nc1ncc(-c2cnn(CCO)c2)c2scc(-c3ccc(N4OP5(=O)Oc6c(F)cccc6N(O5)C4=O)cc3)c12. The van der Waals surface area contributed by atoms with Crippen LogP contribution < -0.4 is 20.4 Å². The topological polar surface area (TPSA) is 145 Å². The maximum atomic E-state index is 14.2. The molecule has 0 spiro atoms. The van der Waals surface area contributed by atoms with Crippen molar-refractivity contribution in [2.45, 2.75) is 6.54 Å². The number of benzene rings is 2. The van der Waals surface area contributed by atoms with Gasteiger partial charge in [-0.3, -0.25) is 4.68 Å².